The number of rotatable bonds is 6. The van der Waals surface area contributed by atoms with E-state index in [0.29, 0.717) is 24.8 Å². The van der Waals surface area contributed by atoms with E-state index in [9.17, 15) is 15.2 Å². The quantitative estimate of drug-likeness (QED) is 0.583. The van der Waals surface area contributed by atoms with Gasteiger partial charge in [-0.2, -0.15) is 5.26 Å². The van der Waals surface area contributed by atoms with Crippen LogP contribution in [0, 0.1) is 34.5 Å². The lowest BCUT2D eigenvalue weighted by Crippen LogP contribution is -2.44. The third-order valence-electron chi connectivity index (χ3n) is 4.80. The smallest absolute Gasteiger partial charge is 0.332 e. The van der Waals surface area contributed by atoms with Crippen LogP contribution in [0.5, 0.6) is 0 Å². The second-order valence-electron chi connectivity index (χ2n) is 5.99. The van der Waals surface area contributed by atoms with Crippen molar-refractivity contribution in [2.45, 2.75) is 65.4 Å². The number of hydrogen-bond acceptors (Lipinski definition) is 3. The van der Waals surface area contributed by atoms with Crippen molar-refractivity contribution in [1.29, 1.82) is 5.26 Å². The molecule has 120 valence electrons. The highest BCUT2D eigenvalue weighted by Gasteiger charge is 2.61. The summed E-state index contributed by atoms with van der Waals surface area (Å²) in [5.41, 5.74) is -1.47. The zero-order chi connectivity index (χ0) is 17.0. The molecular weight excluding hydrogens is 278 g/mol. The van der Waals surface area contributed by atoms with Gasteiger partial charge in [0.05, 0.1) is 11.5 Å². The number of aliphatic hydroxyl groups is 1. The highest BCUT2D eigenvalue weighted by molar-refractivity contribution is 5.87. The fourth-order valence-electron chi connectivity index (χ4n) is 2.94. The molecule has 4 heteroatoms. The Labute approximate surface area is 132 Å². The van der Waals surface area contributed by atoms with Gasteiger partial charge >= 0.3 is 5.97 Å². The lowest BCUT2D eigenvalue weighted by Gasteiger charge is -2.34. The van der Waals surface area contributed by atoms with Crippen molar-refractivity contribution < 1.29 is 15.0 Å². The van der Waals surface area contributed by atoms with Gasteiger partial charge in [-0.3, -0.25) is 0 Å². The summed E-state index contributed by atoms with van der Waals surface area (Å²) in [7, 11) is 0. The number of carboxylic acid groups (broad SMARTS) is 1. The first-order valence-corrected chi connectivity index (χ1v) is 7.91. The van der Waals surface area contributed by atoms with Gasteiger partial charge in [0, 0.05) is 17.1 Å². The van der Waals surface area contributed by atoms with E-state index in [-0.39, 0.29) is 11.5 Å². The third kappa shape index (κ3) is 3.18. The SMILES string of the molecule is CCC(C#CC(O)(C(CC)CC)C1(C#N)CC1)=C(C)C(=O)O. The number of carbonyl (C=O) groups is 1. The number of allylic oxidation sites excluding steroid dienone is 1. The van der Waals surface area contributed by atoms with Crippen LogP contribution in [0.1, 0.15) is 59.8 Å². The monoisotopic (exact) mass is 303 g/mol. The largest absolute Gasteiger partial charge is 0.478 e. The molecular formula is C18H25NO3. The molecule has 0 aromatic carbocycles. The topological polar surface area (TPSA) is 81.3 Å². The van der Waals surface area contributed by atoms with Crippen LogP contribution >= 0.6 is 0 Å². The number of carboxylic acids is 1. The molecule has 0 aliphatic heterocycles. The Morgan fingerprint density at radius 3 is 2.18 bits per heavy atom. The summed E-state index contributed by atoms with van der Waals surface area (Å²) in [4.78, 5) is 11.1. The van der Waals surface area contributed by atoms with Crippen LogP contribution in [0.3, 0.4) is 0 Å². The maximum Gasteiger partial charge on any atom is 0.332 e. The van der Waals surface area contributed by atoms with Gasteiger partial charge in [-0.25, -0.2) is 4.79 Å². The summed E-state index contributed by atoms with van der Waals surface area (Å²) in [5, 5.41) is 29.7. The van der Waals surface area contributed by atoms with Crippen LogP contribution in [0.4, 0.5) is 0 Å². The van der Waals surface area contributed by atoms with Crippen LogP contribution in [0.25, 0.3) is 0 Å². The van der Waals surface area contributed by atoms with Gasteiger partial charge in [0.25, 0.3) is 0 Å². The summed E-state index contributed by atoms with van der Waals surface area (Å²) >= 11 is 0. The van der Waals surface area contributed by atoms with E-state index >= 15 is 0 Å². The zero-order valence-corrected chi connectivity index (χ0v) is 13.9. The van der Waals surface area contributed by atoms with Crippen molar-refractivity contribution in [3.63, 3.8) is 0 Å². The van der Waals surface area contributed by atoms with Crippen molar-refractivity contribution in [2.24, 2.45) is 11.3 Å². The molecule has 1 atom stereocenters. The molecule has 22 heavy (non-hydrogen) atoms. The number of nitriles is 1. The Morgan fingerprint density at radius 2 is 1.86 bits per heavy atom. The summed E-state index contributed by atoms with van der Waals surface area (Å²) in [6.07, 6.45) is 3.24. The molecule has 0 aromatic rings. The van der Waals surface area contributed by atoms with Gasteiger partial charge in [-0.1, -0.05) is 32.6 Å². The van der Waals surface area contributed by atoms with E-state index < -0.39 is 17.0 Å². The molecule has 0 aromatic heterocycles. The minimum absolute atomic E-state index is 0.0922. The predicted octanol–water partition coefficient (Wildman–Crippen LogP) is 3.27. The van der Waals surface area contributed by atoms with Gasteiger partial charge in [0.1, 0.15) is 5.60 Å². The first-order chi connectivity index (χ1) is 10.3. The van der Waals surface area contributed by atoms with E-state index in [2.05, 4.69) is 17.9 Å². The molecule has 2 N–H and O–H groups in total. The molecule has 0 bridgehead atoms. The minimum Gasteiger partial charge on any atom is -0.478 e. The molecule has 0 saturated heterocycles. The van der Waals surface area contributed by atoms with E-state index in [1.165, 1.54) is 6.92 Å². The van der Waals surface area contributed by atoms with Crippen molar-refractivity contribution in [3.8, 4) is 17.9 Å². The van der Waals surface area contributed by atoms with Gasteiger partial charge in [0.2, 0.25) is 0 Å². The van der Waals surface area contributed by atoms with Crippen LogP contribution in [0.15, 0.2) is 11.1 Å². The lowest BCUT2D eigenvalue weighted by atomic mass is 9.73. The van der Waals surface area contributed by atoms with Crippen LogP contribution in [0.2, 0.25) is 0 Å². The fourth-order valence-corrected chi connectivity index (χ4v) is 2.94. The number of nitrogens with zero attached hydrogens (tertiary/aromatic N) is 1. The second kappa shape index (κ2) is 6.99. The van der Waals surface area contributed by atoms with Crippen molar-refractivity contribution in [2.75, 3.05) is 0 Å². The zero-order valence-electron chi connectivity index (χ0n) is 13.9. The van der Waals surface area contributed by atoms with E-state index in [1.54, 1.807) is 0 Å². The lowest BCUT2D eigenvalue weighted by molar-refractivity contribution is -0.132. The van der Waals surface area contributed by atoms with E-state index in [1.807, 2.05) is 20.8 Å². The van der Waals surface area contributed by atoms with Crippen molar-refractivity contribution in [1.82, 2.24) is 0 Å². The van der Waals surface area contributed by atoms with Crippen molar-refractivity contribution in [3.05, 3.63) is 11.1 Å². The maximum absolute atomic E-state index is 11.2. The standard InChI is InChI=1S/C18H25NO3/c1-5-14(13(4)16(20)21)8-9-18(22,15(6-2)7-3)17(12-19)10-11-17/h15,22H,5-7,10-11H2,1-4H3,(H,20,21). The highest BCUT2D eigenvalue weighted by atomic mass is 16.4. The van der Waals surface area contributed by atoms with Crippen LogP contribution in [-0.2, 0) is 4.79 Å². The molecule has 1 aliphatic carbocycles. The fraction of sp³-hybridized carbons (Fsp3) is 0.667. The first kappa shape index (κ1) is 18.3. The van der Waals surface area contributed by atoms with Gasteiger partial charge in [0.15, 0.2) is 0 Å². The molecule has 1 rings (SSSR count). The van der Waals surface area contributed by atoms with Gasteiger partial charge < -0.3 is 10.2 Å². The average molecular weight is 303 g/mol. The molecule has 1 unspecified atom stereocenters. The minimum atomic E-state index is -1.37. The maximum atomic E-state index is 11.2. The normalized spacial score (nSPS) is 19.3. The number of hydrogen-bond donors (Lipinski definition) is 2. The Bertz CT molecular complexity index is 565. The average Bonchev–Trinajstić information content (AvgIpc) is 3.30. The predicted molar refractivity (Wildman–Crippen MR) is 84.7 cm³/mol. The Hall–Kier alpha value is -1.78. The van der Waals surface area contributed by atoms with Gasteiger partial charge in [-0.15, -0.1) is 0 Å². The third-order valence-corrected chi connectivity index (χ3v) is 4.80. The summed E-state index contributed by atoms with van der Waals surface area (Å²) in [6.45, 7) is 7.31. The summed E-state index contributed by atoms with van der Waals surface area (Å²) < 4.78 is 0. The highest BCUT2D eigenvalue weighted by Crippen LogP contribution is 2.57. The first-order valence-electron chi connectivity index (χ1n) is 7.91. The van der Waals surface area contributed by atoms with Crippen LogP contribution in [-0.4, -0.2) is 21.8 Å². The number of aliphatic carboxylic acids is 1. The molecule has 0 spiro atoms. The summed E-state index contributed by atoms with van der Waals surface area (Å²) in [5.74, 6) is 4.68. The van der Waals surface area contributed by atoms with E-state index in [0.717, 1.165) is 12.8 Å². The molecule has 0 heterocycles. The molecule has 1 aliphatic rings. The molecule has 4 nitrogen and oxygen atoms in total. The Morgan fingerprint density at radius 1 is 1.32 bits per heavy atom. The van der Waals surface area contributed by atoms with Gasteiger partial charge in [-0.05, 0) is 39.0 Å². The molecule has 1 saturated carbocycles. The van der Waals surface area contributed by atoms with E-state index in [4.69, 9.17) is 5.11 Å². The Balaban J connectivity index is 3.34. The second-order valence-corrected chi connectivity index (χ2v) is 5.99. The molecule has 0 radical (unpaired) electrons. The van der Waals surface area contributed by atoms with Crippen molar-refractivity contribution >= 4 is 5.97 Å². The summed E-state index contributed by atoms with van der Waals surface area (Å²) in [6, 6.07) is 2.25. The molecule has 0 amide bonds. The molecule has 1 fully saturated rings. The van der Waals surface area contributed by atoms with Crippen LogP contribution < -0.4 is 0 Å². The Kier molecular flexibility index (Phi) is 5.80.